The molecule has 0 amide bonds. The van der Waals surface area contributed by atoms with Crippen LogP contribution in [0.3, 0.4) is 0 Å². The fraction of sp³-hybridized carbons (Fsp3) is 0.333. The lowest BCUT2D eigenvalue weighted by Crippen LogP contribution is -2.26. The minimum Gasteiger partial charge on any atom is -0.371 e. The predicted octanol–water partition coefficient (Wildman–Crippen LogP) is 2.78. The number of amidine groups is 1. The molecule has 1 aliphatic heterocycles. The van der Waals surface area contributed by atoms with Gasteiger partial charge in [-0.1, -0.05) is 12.1 Å². The molecule has 2 aromatic rings. The number of hydrogen-bond donors (Lipinski definition) is 1. The Hall–Kier alpha value is -1.68. The lowest BCUT2D eigenvalue weighted by molar-refractivity contribution is 0.826. The summed E-state index contributed by atoms with van der Waals surface area (Å²) in [4.78, 5) is 10.6. The smallest absolute Gasteiger partial charge is 0.105 e. The van der Waals surface area contributed by atoms with E-state index in [1.165, 1.54) is 4.88 Å². The number of pyridine rings is 1. The first-order valence-corrected chi connectivity index (χ1v) is 7.45. The Labute approximate surface area is 117 Å². The summed E-state index contributed by atoms with van der Waals surface area (Å²) in [5.74, 6) is 1.43. The molecule has 1 aliphatic rings. The summed E-state index contributed by atoms with van der Waals surface area (Å²) in [6, 6.07) is 10.5. The monoisotopic (exact) mass is 271 g/mol. The Bertz CT molecular complexity index is 575. The molecule has 0 fully saturated rings. The van der Waals surface area contributed by atoms with E-state index in [0.717, 1.165) is 36.7 Å². The van der Waals surface area contributed by atoms with Gasteiger partial charge in [-0.05, 0) is 30.5 Å². The van der Waals surface area contributed by atoms with Crippen molar-refractivity contribution in [2.24, 2.45) is 4.99 Å². The van der Waals surface area contributed by atoms with Gasteiger partial charge in [0.2, 0.25) is 0 Å². The van der Waals surface area contributed by atoms with Gasteiger partial charge in [0.15, 0.2) is 0 Å². The zero-order valence-electron chi connectivity index (χ0n) is 11.0. The second-order valence-electron chi connectivity index (χ2n) is 4.74. The molecule has 4 heteroatoms. The largest absolute Gasteiger partial charge is 0.371 e. The number of rotatable bonds is 4. The predicted molar refractivity (Wildman–Crippen MR) is 80.0 cm³/mol. The molecule has 0 radical (unpaired) electrons. The van der Waals surface area contributed by atoms with Crippen LogP contribution in [0.5, 0.6) is 0 Å². The highest BCUT2D eigenvalue weighted by atomic mass is 32.1. The van der Waals surface area contributed by atoms with Gasteiger partial charge in [-0.2, -0.15) is 0 Å². The average molecular weight is 271 g/mol. The molecule has 0 saturated carbocycles. The summed E-state index contributed by atoms with van der Waals surface area (Å²) in [5, 5.41) is 5.54. The van der Waals surface area contributed by atoms with E-state index >= 15 is 0 Å². The Morgan fingerprint density at radius 1 is 1.32 bits per heavy atom. The molecule has 3 heterocycles. The van der Waals surface area contributed by atoms with Crippen molar-refractivity contribution in [1.82, 2.24) is 10.3 Å². The van der Waals surface area contributed by atoms with E-state index in [4.69, 9.17) is 0 Å². The fourth-order valence-corrected chi connectivity index (χ4v) is 3.22. The number of nitrogens with one attached hydrogen (secondary N) is 1. The minimum absolute atomic E-state index is 0.316. The van der Waals surface area contributed by atoms with Crippen LogP contribution in [-0.4, -0.2) is 23.9 Å². The zero-order valence-corrected chi connectivity index (χ0v) is 11.8. The number of aromatic nitrogens is 1. The molecule has 2 aromatic heterocycles. The van der Waals surface area contributed by atoms with Crippen LogP contribution >= 0.6 is 11.3 Å². The number of aliphatic imine (C=N–C) groups is 1. The molecule has 0 bridgehead atoms. The molecule has 3 nitrogen and oxygen atoms in total. The maximum Gasteiger partial charge on any atom is 0.105 e. The number of hydrogen-bond acceptors (Lipinski definition) is 4. The lowest BCUT2D eigenvalue weighted by atomic mass is 9.99. The summed E-state index contributed by atoms with van der Waals surface area (Å²) in [6.07, 6.45) is 0.911. The summed E-state index contributed by atoms with van der Waals surface area (Å²) in [6.45, 7) is 3.88. The van der Waals surface area contributed by atoms with E-state index in [1.807, 2.05) is 13.0 Å². The van der Waals surface area contributed by atoms with Crippen LogP contribution in [0.4, 0.5) is 0 Å². The fourth-order valence-electron chi connectivity index (χ4n) is 2.39. The minimum atomic E-state index is 0.316. The van der Waals surface area contributed by atoms with Crippen molar-refractivity contribution in [3.63, 3.8) is 0 Å². The van der Waals surface area contributed by atoms with Gasteiger partial charge in [-0.3, -0.25) is 9.98 Å². The first-order chi connectivity index (χ1) is 9.33. The Balaban J connectivity index is 1.87. The van der Waals surface area contributed by atoms with Gasteiger partial charge in [0.25, 0.3) is 0 Å². The van der Waals surface area contributed by atoms with E-state index in [1.54, 1.807) is 11.3 Å². The molecule has 0 aliphatic carbocycles. The first-order valence-electron chi connectivity index (χ1n) is 6.57. The Kier molecular flexibility index (Phi) is 3.60. The average Bonchev–Trinajstić information content (AvgIpc) is 3.10. The van der Waals surface area contributed by atoms with Crippen LogP contribution in [0, 0.1) is 6.92 Å². The van der Waals surface area contributed by atoms with E-state index in [9.17, 15) is 0 Å². The molecule has 1 atom stereocenters. The van der Waals surface area contributed by atoms with Gasteiger partial charge < -0.3 is 5.32 Å². The van der Waals surface area contributed by atoms with Crippen LogP contribution in [0.2, 0.25) is 0 Å². The highest BCUT2D eigenvalue weighted by Crippen LogP contribution is 2.26. The van der Waals surface area contributed by atoms with Crippen LogP contribution in [0.15, 0.2) is 40.7 Å². The SMILES string of the molecule is Cc1cccc(CC(C2=NCCN2)c2cccs2)n1. The molecule has 1 unspecified atom stereocenters. The molecule has 0 saturated heterocycles. The van der Waals surface area contributed by atoms with E-state index in [0.29, 0.717) is 5.92 Å². The van der Waals surface area contributed by atoms with Crippen molar-refractivity contribution in [3.8, 4) is 0 Å². The van der Waals surface area contributed by atoms with Crippen LogP contribution in [-0.2, 0) is 6.42 Å². The normalized spacial score (nSPS) is 15.9. The van der Waals surface area contributed by atoms with Gasteiger partial charge in [0, 0.05) is 29.2 Å². The zero-order chi connectivity index (χ0) is 13.1. The second-order valence-corrected chi connectivity index (χ2v) is 5.72. The molecular formula is C15H17N3S. The van der Waals surface area contributed by atoms with Crippen molar-refractivity contribution in [2.75, 3.05) is 13.1 Å². The van der Waals surface area contributed by atoms with Crippen molar-refractivity contribution in [1.29, 1.82) is 0 Å². The molecule has 0 spiro atoms. The van der Waals surface area contributed by atoms with Gasteiger partial charge in [-0.25, -0.2) is 0 Å². The topological polar surface area (TPSA) is 37.3 Å². The summed E-state index contributed by atoms with van der Waals surface area (Å²) >= 11 is 1.79. The van der Waals surface area contributed by atoms with Gasteiger partial charge in [0.1, 0.15) is 5.84 Å². The first kappa shape index (κ1) is 12.4. The van der Waals surface area contributed by atoms with Gasteiger partial charge in [-0.15, -0.1) is 11.3 Å². The summed E-state index contributed by atoms with van der Waals surface area (Å²) < 4.78 is 0. The molecule has 3 rings (SSSR count). The number of aryl methyl sites for hydroxylation is 1. The summed E-state index contributed by atoms with van der Waals surface area (Å²) in [5.41, 5.74) is 2.21. The van der Waals surface area contributed by atoms with Crippen LogP contribution < -0.4 is 5.32 Å². The molecule has 98 valence electrons. The van der Waals surface area contributed by atoms with Gasteiger partial charge in [0.05, 0.1) is 12.5 Å². The van der Waals surface area contributed by atoms with Crippen LogP contribution in [0.1, 0.15) is 22.2 Å². The highest BCUT2D eigenvalue weighted by molar-refractivity contribution is 7.10. The maximum atomic E-state index is 4.62. The van der Waals surface area contributed by atoms with E-state index in [2.05, 4.69) is 44.9 Å². The standard InChI is InChI=1S/C15H17N3S/c1-11-4-2-5-12(18-11)10-13(14-6-3-9-19-14)15-16-7-8-17-15/h2-6,9,13H,7-8,10H2,1H3,(H,16,17). The molecule has 19 heavy (non-hydrogen) atoms. The third-order valence-electron chi connectivity index (χ3n) is 3.28. The molecular weight excluding hydrogens is 254 g/mol. The second kappa shape index (κ2) is 5.53. The van der Waals surface area contributed by atoms with E-state index in [-0.39, 0.29) is 0 Å². The number of nitrogens with zero attached hydrogens (tertiary/aromatic N) is 2. The van der Waals surface area contributed by atoms with Crippen molar-refractivity contribution in [2.45, 2.75) is 19.3 Å². The third-order valence-corrected chi connectivity index (χ3v) is 4.26. The Morgan fingerprint density at radius 2 is 2.26 bits per heavy atom. The maximum absolute atomic E-state index is 4.62. The van der Waals surface area contributed by atoms with Crippen molar-refractivity contribution >= 4 is 17.2 Å². The third kappa shape index (κ3) is 2.84. The summed E-state index contributed by atoms with van der Waals surface area (Å²) in [7, 11) is 0. The molecule has 0 aromatic carbocycles. The van der Waals surface area contributed by atoms with Crippen LogP contribution in [0.25, 0.3) is 0 Å². The van der Waals surface area contributed by atoms with Crippen molar-refractivity contribution in [3.05, 3.63) is 52.0 Å². The van der Waals surface area contributed by atoms with E-state index < -0.39 is 0 Å². The highest BCUT2D eigenvalue weighted by Gasteiger charge is 2.22. The van der Waals surface area contributed by atoms with Gasteiger partial charge >= 0.3 is 0 Å². The number of thiophene rings is 1. The molecule has 1 N–H and O–H groups in total. The Morgan fingerprint density at radius 3 is 2.95 bits per heavy atom. The quantitative estimate of drug-likeness (QED) is 0.928. The lowest BCUT2D eigenvalue weighted by Gasteiger charge is -2.16. The van der Waals surface area contributed by atoms with Crippen molar-refractivity contribution < 1.29 is 0 Å².